The number of carbonyl (C=O) groups is 1. The van der Waals surface area contributed by atoms with Crippen LogP contribution in [0.3, 0.4) is 0 Å². The van der Waals surface area contributed by atoms with Gasteiger partial charge in [-0.05, 0) is 31.9 Å². The Hall–Kier alpha value is -1.88. The minimum absolute atomic E-state index is 0.0835. The molecule has 1 fully saturated rings. The van der Waals surface area contributed by atoms with Gasteiger partial charge in [0, 0.05) is 25.0 Å². The second-order valence-corrected chi connectivity index (χ2v) is 5.33. The van der Waals surface area contributed by atoms with Gasteiger partial charge in [0.2, 0.25) is 0 Å². The van der Waals surface area contributed by atoms with E-state index in [1.807, 2.05) is 31.3 Å². The molecule has 1 saturated heterocycles. The van der Waals surface area contributed by atoms with Gasteiger partial charge in [-0.3, -0.25) is 9.48 Å². The first kappa shape index (κ1) is 13.1. The lowest BCUT2D eigenvalue weighted by molar-refractivity contribution is 0.0948. The third kappa shape index (κ3) is 2.54. The van der Waals surface area contributed by atoms with Crippen LogP contribution in [0.25, 0.3) is 10.9 Å². The summed E-state index contributed by atoms with van der Waals surface area (Å²) in [5.41, 5.74) is 1.50. The third-order valence-electron chi connectivity index (χ3n) is 3.91. The molecule has 1 amide bonds. The van der Waals surface area contributed by atoms with Crippen molar-refractivity contribution in [1.29, 1.82) is 0 Å². The minimum atomic E-state index is -0.0835. The molecule has 0 aliphatic carbocycles. The van der Waals surface area contributed by atoms with Gasteiger partial charge >= 0.3 is 0 Å². The molecule has 0 saturated carbocycles. The number of aryl methyl sites for hydroxylation is 1. The minimum Gasteiger partial charge on any atom is -0.351 e. The number of rotatable bonds is 4. The second kappa shape index (κ2) is 5.63. The molecule has 0 spiro atoms. The SMILES string of the molecule is Cn1nc(C(=O)NCC[C@H]2CCCN2)c2ccccc21. The summed E-state index contributed by atoms with van der Waals surface area (Å²) in [7, 11) is 1.86. The first-order valence-corrected chi connectivity index (χ1v) is 7.19. The zero-order valence-electron chi connectivity index (χ0n) is 11.7. The van der Waals surface area contributed by atoms with Gasteiger partial charge in [-0.25, -0.2) is 0 Å². The smallest absolute Gasteiger partial charge is 0.272 e. The van der Waals surface area contributed by atoms with E-state index in [4.69, 9.17) is 0 Å². The van der Waals surface area contributed by atoms with Crippen LogP contribution in [0.4, 0.5) is 0 Å². The van der Waals surface area contributed by atoms with Crippen LogP contribution in [0, 0.1) is 0 Å². The normalized spacial score (nSPS) is 18.6. The highest BCUT2D eigenvalue weighted by Crippen LogP contribution is 2.17. The van der Waals surface area contributed by atoms with Gasteiger partial charge in [0.1, 0.15) is 0 Å². The summed E-state index contributed by atoms with van der Waals surface area (Å²) in [5, 5.41) is 11.6. The molecule has 1 atom stereocenters. The van der Waals surface area contributed by atoms with E-state index in [2.05, 4.69) is 15.7 Å². The van der Waals surface area contributed by atoms with E-state index in [9.17, 15) is 4.79 Å². The number of hydrogen-bond acceptors (Lipinski definition) is 3. The Kier molecular flexibility index (Phi) is 3.69. The molecule has 20 heavy (non-hydrogen) atoms. The standard InChI is InChI=1S/C15H20N4O/c1-19-13-7-3-2-6-12(13)14(18-19)15(20)17-10-8-11-5-4-9-16-11/h2-3,6-7,11,16H,4-5,8-10H2,1H3,(H,17,20)/t11-/m1/s1. The van der Waals surface area contributed by atoms with Crippen molar-refractivity contribution in [3.05, 3.63) is 30.0 Å². The molecule has 0 radical (unpaired) electrons. The van der Waals surface area contributed by atoms with Crippen molar-refractivity contribution in [2.24, 2.45) is 7.05 Å². The van der Waals surface area contributed by atoms with Crippen LogP contribution in [0.1, 0.15) is 29.8 Å². The summed E-state index contributed by atoms with van der Waals surface area (Å²) in [6.45, 7) is 1.80. The highest BCUT2D eigenvalue weighted by molar-refractivity contribution is 6.04. The molecule has 1 aromatic carbocycles. The van der Waals surface area contributed by atoms with E-state index in [0.29, 0.717) is 18.3 Å². The van der Waals surface area contributed by atoms with Crippen LogP contribution in [0.15, 0.2) is 24.3 Å². The second-order valence-electron chi connectivity index (χ2n) is 5.33. The lowest BCUT2D eigenvalue weighted by Crippen LogP contribution is -2.30. The Bertz CT molecular complexity index is 613. The molecule has 1 aliphatic heterocycles. The van der Waals surface area contributed by atoms with Crippen molar-refractivity contribution < 1.29 is 4.79 Å². The van der Waals surface area contributed by atoms with Gasteiger partial charge in [-0.2, -0.15) is 5.10 Å². The molecule has 0 unspecified atom stereocenters. The van der Waals surface area contributed by atoms with E-state index in [-0.39, 0.29) is 5.91 Å². The summed E-state index contributed by atoms with van der Waals surface area (Å²) >= 11 is 0. The monoisotopic (exact) mass is 272 g/mol. The topological polar surface area (TPSA) is 59.0 Å². The molecule has 5 nitrogen and oxygen atoms in total. The number of para-hydroxylation sites is 1. The average Bonchev–Trinajstić information content (AvgIpc) is 3.08. The van der Waals surface area contributed by atoms with Crippen molar-refractivity contribution in [3.63, 3.8) is 0 Å². The highest BCUT2D eigenvalue weighted by atomic mass is 16.1. The lowest BCUT2D eigenvalue weighted by atomic mass is 10.1. The van der Waals surface area contributed by atoms with Gasteiger partial charge in [0.15, 0.2) is 5.69 Å². The summed E-state index contributed by atoms with van der Waals surface area (Å²) in [5.74, 6) is -0.0835. The average molecular weight is 272 g/mol. The molecular formula is C15H20N4O. The maximum atomic E-state index is 12.2. The van der Waals surface area contributed by atoms with Crippen molar-refractivity contribution in [3.8, 4) is 0 Å². The van der Waals surface area contributed by atoms with E-state index < -0.39 is 0 Å². The predicted molar refractivity (Wildman–Crippen MR) is 78.7 cm³/mol. The van der Waals surface area contributed by atoms with Crippen molar-refractivity contribution in [1.82, 2.24) is 20.4 Å². The van der Waals surface area contributed by atoms with Crippen molar-refractivity contribution >= 4 is 16.8 Å². The first-order chi connectivity index (χ1) is 9.75. The Labute approximate surface area is 118 Å². The molecule has 1 aromatic heterocycles. The number of carbonyl (C=O) groups excluding carboxylic acids is 1. The van der Waals surface area contributed by atoms with Crippen LogP contribution in [-0.4, -0.2) is 34.8 Å². The fourth-order valence-electron chi connectivity index (χ4n) is 2.83. The number of fused-ring (bicyclic) bond motifs is 1. The highest BCUT2D eigenvalue weighted by Gasteiger charge is 2.17. The molecule has 2 heterocycles. The van der Waals surface area contributed by atoms with Crippen molar-refractivity contribution in [2.75, 3.05) is 13.1 Å². The van der Waals surface area contributed by atoms with Crippen LogP contribution < -0.4 is 10.6 Å². The van der Waals surface area contributed by atoms with Crippen molar-refractivity contribution in [2.45, 2.75) is 25.3 Å². The molecule has 106 valence electrons. The molecule has 2 N–H and O–H groups in total. The van der Waals surface area contributed by atoms with E-state index in [1.165, 1.54) is 12.8 Å². The largest absolute Gasteiger partial charge is 0.351 e. The van der Waals surface area contributed by atoms with Gasteiger partial charge in [0.05, 0.1) is 5.52 Å². The van der Waals surface area contributed by atoms with E-state index >= 15 is 0 Å². The summed E-state index contributed by atoms with van der Waals surface area (Å²) in [4.78, 5) is 12.2. The maximum Gasteiger partial charge on any atom is 0.272 e. The fourth-order valence-corrected chi connectivity index (χ4v) is 2.83. The number of amides is 1. The number of nitrogens with zero attached hydrogens (tertiary/aromatic N) is 2. The molecule has 3 rings (SSSR count). The Morgan fingerprint density at radius 2 is 2.35 bits per heavy atom. The van der Waals surface area contributed by atoms with Crippen LogP contribution >= 0.6 is 0 Å². The van der Waals surface area contributed by atoms with Crippen LogP contribution in [0.5, 0.6) is 0 Å². The first-order valence-electron chi connectivity index (χ1n) is 7.19. The number of nitrogens with one attached hydrogen (secondary N) is 2. The van der Waals surface area contributed by atoms with Gasteiger partial charge in [-0.15, -0.1) is 0 Å². The number of hydrogen-bond donors (Lipinski definition) is 2. The third-order valence-corrected chi connectivity index (χ3v) is 3.91. The number of benzene rings is 1. The Morgan fingerprint density at radius 3 is 3.15 bits per heavy atom. The Morgan fingerprint density at radius 1 is 1.50 bits per heavy atom. The van der Waals surface area contributed by atoms with Crippen LogP contribution in [-0.2, 0) is 7.05 Å². The molecule has 0 bridgehead atoms. The quantitative estimate of drug-likeness (QED) is 0.885. The zero-order valence-corrected chi connectivity index (χ0v) is 11.7. The molecule has 1 aliphatic rings. The van der Waals surface area contributed by atoms with E-state index in [0.717, 1.165) is 23.9 Å². The Balaban J connectivity index is 1.66. The summed E-state index contributed by atoms with van der Waals surface area (Å²) < 4.78 is 1.75. The summed E-state index contributed by atoms with van der Waals surface area (Å²) in [6, 6.07) is 8.36. The van der Waals surface area contributed by atoms with Crippen LogP contribution in [0.2, 0.25) is 0 Å². The fraction of sp³-hybridized carbons (Fsp3) is 0.467. The summed E-state index contributed by atoms with van der Waals surface area (Å²) in [6.07, 6.45) is 3.43. The lowest BCUT2D eigenvalue weighted by Gasteiger charge is -2.10. The van der Waals surface area contributed by atoms with Gasteiger partial charge < -0.3 is 10.6 Å². The van der Waals surface area contributed by atoms with Gasteiger partial charge in [-0.1, -0.05) is 18.2 Å². The molecule has 2 aromatic rings. The number of aromatic nitrogens is 2. The zero-order chi connectivity index (χ0) is 13.9. The van der Waals surface area contributed by atoms with E-state index in [1.54, 1.807) is 4.68 Å². The molecular weight excluding hydrogens is 252 g/mol. The van der Waals surface area contributed by atoms with Gasteiger partial charge in [0.25, 0.3) is 5.91 Å². The maximum absolute atomic E-state index is 12.2. The predicted octanol–water partition coefficient (Wildman–Crippen LogP) is 1.45. The molecule has 5 heteroatoms.